The molecule has 4 rings (SSSR count). The maximum Gasteiger partial charge on any atom is 0.408 e. The fourth-order valence-electron chi connectivity index (χ4n) is 8.05. The minimum absolute atomic E-state index is 0.0484. The number of ether oxygens (including phenoxy) is 2. The van der Waals surface area contributed by atoms with Crippen LogP contribution >= 0.6 is 0 Å². The van der Waals surface area contributed by atoms with Gasteiger partial charge >= 0.3 is 12.2 Å². The van der Waals surface area contributed by atoms with E-state index in [2.05, 4.69) is 23.8 Å². The van der Waals surface area contributed by atoms with Gasteiger partial charge in [-0.25, -0.2) is 18.0 Å². The van der Waals surface area contributed by atoms with Crippen molar-refractivity contribution in [1.29, 1.82) is 0 Å². The molecule has 4 N–H and O–H groups in total. The molecule has 0 aromatic heterocycles. The summed E-state index contributed by atoms with van der Waals surface area (Å²) in [6, 6.07) is 21.4. The third kappa shape index (κ3) is 17.7. The molecule has 0 aliphatic heterocycles. The number of hydrogen-bond donors (Lipinski definition) is 4. The molecule has 4 aromatic rings. The summed E-state index contributed by atoms with van der Waals surface area (Å²) >= 11 is 0. The summed E-state index contributed by atoms with van der Waals surface area (Å²) in [7, 11) is -4.66. The zero-order valence-corrected chi connectivity index (χ0v) is 44.7. The molecule has 0 bridgehead atoms. The fraction of sp³-hybridized carbons (Fsp3) is 0.414. The van der Waals surface area contributed by atoms with Crippen molar-refractivity contribution >= 4 is 57.6 Å². The first-order valence-corrected chi connectivity index (χ1v) is 26.1. The maximum atomic E-state index is 15.1. The van der Waals surface area contributed by atoms with Crippen LogP contribution in [0.4, 0.5) is 9.59 Å². The van der Waals surface area contributed by atoms with Gasteiger partial charge in [0.15, 0.2) is 14.4 Å². The Bertz CT molecular complexity index is 2610. The molecule has 0 saturated heterocycles. The molecule has 4 atom stereocenters. The Kier molecular flexibility index (Phi) is 19.9. The van der Waals surface area contributed by atoms with Crippen molar-refractivity contribution in [3.05, 3.63) is 144 Å². The van der Waals surface area contributed by atoms with E-state index in [1.807, 2.05) is 88.4 Å². The highest BCUT2D eigenvalue weighted by Gasteiger charge is 2.35. The molecule has 0 fully saturated rings. The predicted molar refractivity (Wildman–Crippen MR) is 286 cm³/mol. The lowest BCUT2D eigenvalue weighted by Crippen LogP contribution is -2.53. The molecule has 4 amide bonds. The predicted octanol–water partition coefficient (Wildman–Crippen LogP) is 10.3. The normalized spacial score (nSPS) is 13.8. The number of benzene rings is 4. The standard InChI is InChI=1S/C58H74N4O10S/c1-13-41-43(51(63)45(33-31-39-23-17-15-18-24-39)59-53(65)47(35-37(3)4)61-55(67)71-57(7,8)9)27-21-29-49(41)73(69,70)50-30-22-28-44(42(50)14-2)52(64)46(34-32-40-25-19-16-20-26-40)60-54(66)48(36-38(5)6)62-56(68)72-58(10,11)12/h13-30,37-38,45-48H,1-2,31-36H2,3-12H3,(H,59,65)(H,60,66)(H,61,67)(H,62,68)/t45-,46-,47-,48-/m0/s1/i/hD2. The quantitative estimate of drug-likeness (QED) is 0.0489. The van der Waals surface area contributed by atoms with E-state index in [4.69, 9.17) is 12.3 Å². The lowest BCUT2D eigenvalue weighted by molar-refractivity contribution is -0.124. The van der Waals surface area contributed by atoms with Crippen LogP contribution in [0.2, 0.25) is 2.82 Å². The monoisotopic (exact) mass is 1020 g/mol. The minimum Gasteiger partial charge on any atom is -0.444 e. The lowest BCUT2D eigenvalue weighted by Gasteiger charge is -2.26. The number of Topliss-reactive ketones (excluding diaryl/α,β-unsaturated/α-hetero) is 2. The number of hydrogen-bond acceptors (Lipinski definition) is 10. The molecule has 4 aromatic carbocycles. The number of amides is 4. The molecular formula is C58H74N4O10S. The molecule has 0 heterocycles. The van der Waals surface area contributed by atoms with Crippen LogP contribution in [0.3, 0.4) is 0 Å². The number of ketones is 2. The van der Waals surface area contributed by atoms with Crippen LogP contribution in [0.5, 0.6) is 0 Å². The van der Waals surface area contributed by atoms with Gasteiger partial charge in [-0.3, -0.25) is 19.2 Å². The van der Waals surface area contributed by atoms with E-state index >= 15 is 8.42 Å². The molecule has 0 aliphatic rings. The molecule has 14 nitrogen and oxygen atoms in total. The van der Waals surface area contributed by atoms with Crippen molar-refractivity contribution in [3.63, 3.8) is 0 Å². The summed E-state index contributed by atoms with van der Waals surface area (Å²) in [5.74, 6) is -3.23. The average molecular weight is 1020 g/mol. The van der Waals surface area contributed by atoms with Crippen molar-refractivity contribution < 1.29 is 49.5 Å². The van der Waals surface area contributed by atoms with Gasteiger partial charge in [-0.2, -0.15) is 0 Å². The second-order valence-corrected chi connectivity index (χ2v) is 22.6. The van der Waals surface area contributed by atoms with Gasteiger partial charge in [0, 0.05) is 22.3 Å². The maximum absolute atomic E-state index is 15.1. The summed E-state index contributed by atoms with van der Waals surface area (Å²) < 4.78 is 58.4. The van der Waals surface area contributed by atoms with Gasteiger partial charge < -0.3 is 30.7 Å². The van der Waals surface area contributed by atoms with Gasteiger partial charge in [0.2, 0.25) is 21.7 Å². The van der Waals surface area contributed by atoms with E-state index in [0.717, 1.165) is 11.1 Å². The summed E-state index contributed by atoms with van der Waals surface area (Å²) in [6.45, 7) is 24.9. The molecule has 0 unspecified atom stereocenters. The Morgan fingerprint density at radius 1 is 0.548 bits per heavy atom. The molecule has 0 saturated carbocycles. The van der Waals surface area contributed by atoms with E-state index in [9.17, 15) is 28.8 Å². The highest BCUT2D eigenvalue weighted by molar-refractivity contribution is 7.91. The van der Waals surface area contributed by atoms with Gasteiger partial charge in [-0.05, 0) is 115 Å². The molecule has 0 spiro atoms. The van der Waals surface area contributed by atoms with E-state index in [0.29, 0.717) is 23.5 Å². The topological polar surface area (TPSA) is 203 Å². The van der Waals surface area contributed by atoms with Crippen molar-refractivity contribution in [2.45, 2.75) is 153 Å². The Balaban J connectivity index is 1.81. The first kappa shape index (κ1) is 55.4. The number of carbonyl (C=O) groups excluding carboxylic acids is 6. The van der Waals surface area contributed by atoms with E-state index in [1.165, 1.54) is 48.6 Å². The van der Waals surface area contributed by atoms with Crippen LogP contribution in [0.25, 0.3) is 12.2 Å². The molecule has 0 aliphatic carbocycles. The Morgan fingerprint density at radius 2 is 0.890 bits per heavy atom. The zero-order chi connectivity index (χ0) is 56.0. The zero-order valence-electron chi connectivity index (χ0n) is 45.9. The molecule has 0 radical (unpaired) electrons. The number of sulfone groups is 1. The summed E-state index contributed by atoms with van der Waals surface area (Å²) in [5.41, 5.74) is -0.590. The van der Waals surface area contributed by atoms with Crippen LogP contribution in [0.15, 0.2) is 120 Å². The number of nitrogens with one attached hydrogen (secondary N) is 4. The lowest BCUT2D eigenvalue weighted by atomic mass is 9.93. The summed E-state index contributed by atoms with van der Waals surface area (Å²) in [6.07, 6.45) is 1.19. The van der Waals surface area contributed by atoms with Crippen LogP contribution in [0.1, 0.15) is 138 Å². The first-order chi connectivity index (χ1) is 35.1. The fourth-order valence-corrected chi connectivity index (χ4v) is 9.77. The second kappa shape index (κ2) is 26.2. The van der Waals surface area contributed by atoms with Gasteiger partial charge in [0.05, 0.1) is 21.9 Å². The Morgan fingerprint density at radius 3 is 1.19 bits per heavy atom. The number of rotatable bonds is 24. The third-order valence-corrected chi connectivity index (χ3v) is 13.2. The van der Waals surface area contributed by atoms with Crippen molar-refractivity contribution in [2.75, 3.05) is 0 Å². The molecule has 392 valence electrons. The van der Waals surface area contributed by atoms with E-state index in [1.54, 1.807) is 41.5 Å². The van der Waals surface area contributed by atoms with Crippen LogP contribution in [-0.2, 0) is 41.7 Å². The van der Waals surface area contributed by atoms with Crippen molar-refractivity contribution in [1.82, 2.24) is 21.3 Å². The number of aryl methyl sites for hydroxylation is 2. The highest BCUT2D eigenvalue weighted by atomic mass is 32.2. The third-order valence-electron chi connectivity index (χ3n) is 11.3. The van der Waals surface area contributed by atoms with Crippen molar-refractivity contribution in [3.8, 4) is 0 Å². The first-order valence-electron chi connectivity index (χ1n) is 25.5. The van der Waals surface area contributed by atoms with Crippen LogP contribution < -0.4 is 21.3 Å². The van der Waals surface area contributed by atoms with Crippen LogP contribution in [0, 0.1) is 11.8 Å². The van der Waals surface area contributed by atoms with Gasteiger partial charge in [-0.1, -0.05) is 138 Å². The number of carbonyl (C=O) groups is 6. The summed E-state index contributed by atoms with van der Waals surface area (Å²) in [5, 5.41) is 6.52. The molecule has 73 heavy (non-hydrogen) atoms. The Labute approximate surface area is 435 Å². The Hall–Kier alpha value is -6.87. The van der Waals surface area contributed by atoms with Gasteiger partial charge in [0.25, 0.3) is 0 Å². The smallest absolute Gasteiger partial charge is 0.408 e. The highest BCUT2D eigenvalue weighted by Crippen LogP contribution is 2.33. The molecular weight excluding hydrogens is 945 g/mol. The largest absolute Gasteiger partial charge is 0.444 e. The van der Waals surface area contributed by atoms with Gasteiger partial charge in [-0.15, -0.1) is 0 Å². The van der Waals surface area contributed by atoms with Crippen molar-refractivity contribution in [2.24, 2.45) is 11.8 Å². The number of alkyl carbamates (subject to hydrolysis) is 2. The van der Waals surface area contributed by atoms with E-state index < -0.39 is 80.8 Å². The second-order valence-electron chi connectivity index (χ2n) is 20.8. The van der Waals surface area contributed by atoms with Crippen LogP contribution in [-0.4, -0.2) is 79.4 Å². The average Bonchev–Trinajstić information content (AvgIpc) is 3.35. The minimum atomic E-state index is -4.66. The SMILES string of the molecule is [2H]N(C(=O)OC(C)(C)C)[C@@H](CC(C)C)C(=O)N[C@@H](CCc1ccccc1)C(=O)c1cccc(S(=O)(=O)c2cccc(C(=O)[C@H](CCc3ccccc3)NC(=O)[C@H](CC(C)C)N([2H])C(=O)OC(C)(C)C)c2C=C)c1C=C. The van der Waals surface area contributed by atoms with E-state index in [-0.39, 0.29) is 69.6 Å². The summed E-state index contributed by atoms with van der Waals surface area (Å²) in [4.78, 5) is 83.8. The molecule has 15 heteroatoms. The van der Waals surface area contributed by atoms with Gasteiger partial charge in [0.1, 0.15) is 23.3 Å².